The Kier molecular flexibility index (Phi) is 3.19. The number of hydrogen-bond acceptors (Lipinski definition) is 0. The average molecular weight is 225 g/mol. The number of rotatable bonds is 2. The van der Waals surface area contributed by atoms with Gasteiger partial charge in [0.05, 0.1) is 0 Å². The number of para-hydroxylation sites is 1. The number of aromatic nitrogens is 1. The lowest BCUT2D eigenvalue weighted by Crippen LogP contribution is -2.29. The van der Waals surface area contributed by atoms with Crippen molar-refractivity contribution in [2.75, 3.05) is 0 Å². The summed E-state index contributed by atoms with van der Waals surface area (Å²) in [5.74, 6) is 0. The van der Waals surface area contributed by atoms with Crippen molar-refractivity contribution in [3.8, 4) is 0 Å². The second-order valence-electron chi connectivity index (χ2n) is 4.47. The molecule has 0 N–H and O–H groups in total. The minimum absolute atomic E-state index is 0.457. The molecule has 0 radical (unpaired) electrons. The van der Waals surface area contributed by atoms with Crippen molar-refractivity contribution in [2.24, 2.45) is 0 Å². The van der Waals surface area contributed by atoms with E-state index in [9.17, 15) is 0 Å². The fraction of sp³-hybridized carbons (Fsp3) is 0.250. The van der Waals surface area contributed by atoms with Gasteiger partial charge in [0.25, 0.3) is 0 Å². The zero-order chi connectivity index (χ0) is 12.4. The highest BCUT2D eigenvalue weighted by Gasteiger charge is 2.08. The maximum atomic E-state index is 3.81. The van der Waals surface area contributed by atoms with Crippen LogP contribution in [0.4, 0.5) is 0 Å². The highest BCUT2D eigenvalue weighted by molar-refractivity contribution is 5.82. The van der Waals surface area contributed by atoms with Gasteiger partial charge in [-0.15, -0.1) is 0 Å². The Hall–Kier alpha value is -1.76. The summed E-state index contributed by atoms with van der Waals surface area (Å²) in [7, 11) is 0. The van der Waals surface area contributed by atoms with Crippen LogP contribution in [0.2, 0.25) is 0 Å². The highest BCUT2D eigenvalue weighted by atomic mass is 15.0. The summed E-state index contributed by atoms with van der Waals surface area (Å²) >= 11 is 0. The van der Waals surface area contributed by atoms with Crippen LogP contribution in [0.5, 0.6) is 0 Å². The topological polar surface area (TPSA) is 4.93 Å². The summed E-state index contributed by atoms with van der Waals surface area (Å²) in [5, 5.41) is 3.85. The first kappa shape index (κ1) is 11.7. The second kappa shape index (κ2) is 4.62. The van der Waals surface area contributed by atoms with Crippen molar-refractivity contribution >= 4 is 23.1 Å². The summed E-state index contributed by atoms with van der Waals surface area (Å²) in [6.45, 7) is 10.3. The first-order valence-corrected chi connectivity index (χ1v) is 6.08. The van der Waals surface area contributed by atoms with Gasteiger partial charge in [-0.1, -0.05) is 43.0 Å². The lowest BCUT2D eigenvalue weighted by atomic mass is 10.2. The molecule has 0 saturated heterocycles. The summed E-state index contributed by atoms with van der Waals surface area (Å²) < 4.78 is 2.38. The molecule has 0 aliphatic carbocycles. The molecule has 17 heavy (non-hydrogen) atoms. The van der Waals surface area contributed by atoms with Crippen LogP contribution in [0, 0.1) is 0 Å². The third-order valence-electron chi connectivity index (χ3n) is 3.06. The molecule has 0 spiro atoms. The predicted octanol–water partition coefficient (Wildman–Crippen LogP) is 2.99. The summed E-state index contributed by atoms with van der Waals surface area (Å²) in [6, 6.07) is 9.00. The third-order valence-corrected chi connectivity index (χ3v) is 3.06. The molecule has 0 amide bonds. The van der Waals surface area contributed by atoms with E-state index in [0.29, 0.717) is 6.04 Å². The predicted molar refractivity (Wildman–Crippen MR) is 76.4 cm³/mol. The highest BCUT2D eigenvalue weighted by Crippen LogP contribution is 2.13. The fourth-order valence-electron chi connectivity index (χ4n) is 2.45. The normalized spacial score (nSPS) is 13.9. The molecule has 2 aromatic rings. The van der Waals surface area contributed by atoms with Crippen molar-refractivity contribution in [1.82, 2.24) is 4.57 Å². The van der Waals surface area contributed by atoms with Crippen LogP contribution in [0.25, 0.3) is 23.1 Å². The Morgan fingerprint density at radius 3 is 2.53 bits per heavy atom. The van der Waals surface area contributed by atoms with Crippen molar-refractivity contribution in [2.45, 2.75) is 26.8 Å². The maximum Gasteiger partial charge on any atom is 0.0493 e. The van der Waals surface area contributed by atoms with Crippen LogP contribution in [0.3, 0.4) is 0 Å². The van der Waals surface area contributed by atoms with Crippen LogP contribution in [-0.4, -0.2) is 4.57 Å². The molecule has 0 fully saturated rings. The SMILES string of the molecule is C=C/C=c1\c(=C/C)n(C(C)C)c2ccccc12. The number of nitrogens with zero attached hydrogens (tertiary/aromatic N) is 1. The van der Waals surface area contributed by atoms with Gasteiger partial charge >= 0.3 is 0 Å². The van der Waals surface area contributed by atoms with E-state index in [1.165, 1.54) is 21.5 Å². The lowest BCUT2D eigenvalue weighted by molar-refractivity contribution is 0.606. The van der Waals surface area contributed by atoms with Gasteiger partial charge < -0.3 is 4.57 Å². The molecule has 1 heterocycles. The third kappa shape index (κ3) is 1.82. The molecule has 2 rings (SSSR count). The van der Waals surface area contributed by atoms with E-state index < -0.39 is 0 Å². The average Bonchev–Trinajstić information content (AvgIpc) is 2.64. The van der Waals surface area contributed by atoms with Gasteiger partial charge in [0.2, 0.25) is 0 Å². The number of hydrogen-bond donors (Lipinski definition) is 0. The first-order chi connectivity index (χ1) is 8.20. The zero-order valence-electron chi connectivity index (χ0n) is 10.8. The van der Waals surface area contributed by atoms with Crippen molar-refractivity contribution < 1.29 is 0 Å². The van der Waals surface area contributed by atoms with E-state index in [-0.39, 0.29) is 0 Å². The largest absolute Gasteiger partial charge is 0.338 e. The quantitative estimate of drug-likeness (QED) is 0.740. The molecule has 0 atom stereocenters. The lowest BCUT2D eigenvalue weighted by Gasteiger charge is -2.10. The Balaban J connectivity index is 3.10. The molecular weight excluding hydrogens is 206 g/mol. The minimum atomic E-state index is 0.457. The van der Waals surface area contributed by atoms with Crippen LogP contribution in [-0.2, 0) is 0 Å². The zero-order valence-corrected chi connectivity index (χ0v) is 10.8. The number of fused-ring (bicyclic) bond motifs is 1. The van der Waals surface area contributed by atoms with Crippen LogP contribution < -0.4 is 10.6 Å². The monoisotopic (exact) mass is 225 g/mol. The van der Waals surface area contributed by atoms with Crippen LogP contribution >= 0.6 is 0 Å². The van der Waals surface area contributed by atoms with Gasteiger partial charge in [-0.25, -0.2) is 0 Å². The van der Waals surface area contributed by atoms with E-state index in [0.717, 1.165) is 0 Å². The molecule has 0 unspecified atom stereocenters. The smallest absolute Gasteiger partial charge is 0.0493 e. The Morgan fingerprint density at radius 1 is 1.24 bits per heavy atom. The van der Waals surface area contributed by atoms with Gasteiger partial charge in [-0.2, -0.15) is 0 Å². The van der Waals surface area contributed by atoms with E-state index in [4.69, 9.17) is 0 Å². The van der Waals surface area contributed by atoms with E-state index in [2.05, 4.69) is 68.3 Å². The molecule has 88 valence electrons. The molecule has 1 nitrogen and oxygen atoms in total. The fourth-order valence-corrected chi connectivity index (χ4v) is 2.45. The van der Waals surface area contributed by atoms with Gasteiger partial charge in [-0.05, 0) is 26.8 Å². The maximum absolute atomic E-state index is 3.81. The molecule has 0 saturated carbocycles. The summed E-state index contributed by atoms with van der Waals surface area (Å²) in [4.78, 5) is 0. The summed E-state index contributed by atoms with van der Waals surface area (Å²) in [6.07, 6.45) is 6.13. The van der Waals surface area contributed by atoms with Crippen LogP contribution in [0.1, 0.15) is 26.8 Å². The minimum Gasteiger partial charge on any atom is -0.338 e. The van der Waals surface area contributed by atoms with Gasteiger partial charge in [0.1, 0.15) is 0 Å². The van der Waals surface area contributed by atoms with Gasteiger partial charge in [-0.3, -0.25) is 0 Å². The van der Waals surface area contributed by atoms with Crippen molar-refractivity contribution in [1.29, 1.82) is 0 Å². The van der Waals surface area contributed by atoms with E-state index in [1.807, 2.05) is 6.08 Å². The Morgan fingerprint density at radius 2 is 1.94 bits per heavy atom. The molecule has 1 aromatic carbocycles. The van der Waals surface area contributed by atoms with Crippen molar-refractivity contribution in [3.63, 3.8) is 0 Å². The van der Waals surface area contributed by atoms with Gasteiger partial charge in [0.15, 0.2) is 0 Å². The second-order valence-corrected chi connectivity index (χ2v) is 4.47. The Labute approximate surface area is 102 Å². The standard InChI is InChI=1S/C16H19N/c1-5-9-13-14-10-7-8-11-16(14)17(12(3)4)15(13)6-2/h5-12H,1H2,2-4H3/b13-9-,15-6+. The molecule has 1 aromatic heterocycles. The molecule has 0 bridgehead atoms. The Bertz CT molecular complexity index is 657. The first-order valence-electron chi connectivity index (χ1n) is 6.08. The molecule has 1 heteroatoms. The molecular formula is C16H19N. The van der Waals surface area contributed by atoms with E-state index >= 15 is 0 Å². The van der Waals surface area contributed by atoms with Gasteiger partial charge in [0, 0.05) is 27.5 Å². The molecule has 0 aliphatic heterocycles. The summed E-state index contributed by atoms with van der Waals surface area (Å²) in [5.41, 5.74) is 1.30. The number of allylic oxidation sites excluding steroid dienone is 1. The van der Waals surface area contributed by atoms with Crippen molar-refractivity contribution in [3.05, 3.63) is 47.5 Å². The molecule has 0 aliphatic rings. The number of benzene rings is 1. The van der Waals surface area contributed by atoms with Crippen LogP contribution in [0.15, 0.2) is 36.9 Å². The van der Waals surface area contributed by atoms with E-state index in [1.54, 1.807) is 0 Å².